The van der Waals surface area contributed by atoms with Crippen LogP contribution in [0.15, 0.2) is 18.2 Å². The number of hydrazine groups is 1. The summed E-state index contributed by atoms with van der Waals surface area (Å²) in [7, 11) is 0. The Hall–Kier alpha value is -2.15. The van der Waals surface area contributed by atoms with E-state index in [0.717, 1.165) is 25.7 Å². The van der Waals surface area contributed by atoms with E-state index in [9.17, 15) is 9.59 Å². The minimum Gasteiger partial charge on any atom is -0.323 e. The number of hydrogen-bond donors (Lipinski definition) is 3. The van der Waals surface area contributed by atoms with Gasteiger partial charge in [0.05, 0.1) is 12.2 Å². The smallest absolute Gasteiger partial charge is 0.323 e. The van der Waals surface area contributed by atoms with E-state index in [1.165, 1.54) is 4.90 Å². The topological polar surface area (TPSA) is 100 Å². The zero-order chi connectivity index (χ0) is 14.2. The van der Waals surface area contributed by atoms with Crippen molar-refractivity contribution in [2.75, 3.05) is 5.43 Å². The fraction of sp³-hybridized carbons (Fsp3) is 0.462. The van der Waals surface area contributed by atoms with E-state index in [4.69, 9.17) is 5.84 Å². The molecule has 106 valence electrons. The second kappa shape index (κ2) is 4.75. The van der Waals surface area contributed by atoms with Crippen LogP contribution in [0, 0.1) is 0 Å². The summed E-state index contributed by atoms with van der Waals surface area (Å²) in [6.45, 7) is 0.169. The second-order valence-corrected chi connectivity index (χ2v) is 5.27. The lowest BCUT2D eigenvalue weighted by Gasteiger charge is -2.19. The van der Waals surface area contributed by atoms with Gasteiger partial charge in [-0.25, -0.2) is 15.6 Å². The molecule has 2 fully saturated rings. The maximum Gasteiger partial charge on any atom is 0.325 e. The molecule has 2 aliphatic rings. The molecule has 1 aliphatic carbocycles. The van der Waals surface area contributed by atoms with Crippen molar-refractivity contribution in [1.29, 1.82) is 0 Å². The third-order valence-electron chi connectivity index (χ3n) is 3.98. The van der Waals surface area contributed by atoms with E-state index in [-0.39, 0.29) is 18.5 Å². The molecule has 2 heterocycles. The molecule has 1 aliphatic heterocycles. The van der Waals surface area contributed by atoms with Crippen molar-refractivity contribution < 1.29 is 9.59 Å². The lowest BCUT2D eigenvalue weighted by molar-refractivity contribution is -0.131. The number of nitrogens with two attached hydrogens (primary N) is 1. The van der Waals surface area contributed by atoms with Crippen LogP contribution in [0.3, 0.4) is 0 Å². The van der Waals surface area contributed by atoms with Gasteiger partial charge in [0, 0.05) is 0 Å². The summed E-state index contributed by atoms with van der Waals surface area (Å²) in [6, 6.07) is 4.93. The van der Waals surface area contributed by atoms with E-state index in [0.29, 0.717) is 11.5 Å². The number of imide groups is 1. The number of pyridine rings is 1. The van der Waals surface area contributed by atoms with Crippen molar-refractivity contribution in [3.8, 4) is 0 Å². The predicted molar refractivity (Wildman–Crippen MR) is 72.3 cm³/mol. The highest BCUT2D eigenvalue weighted by molar-refractivity contribution is 6.07. The van der Waals surface area contributed by atoms with Crippen LogP contribution in [0.2, 0.25) is 0 Å². The number of urea groups is 1. The highest BCUT2D eigenvalue weighted by atomic mass is 16.2. The first-order valence-corrected chi connectivity index (χ1v) is 6.71. The molecule has 1 aromatic rings. The first-order chi connectivity index (χ1) is 9.64. The van der Waals surface area contributed by atoms with Crippen molar-refractivity contribution >= 4 is 17.8 Å². The Kier molecular flexibility index (Phi) is 3.06. The van der Waals surface area contributed by atoms with Gasteiger partial charge in [0.25, 0.3) is 5.91 Å². The van der Waals surface area contributed by atoms with Crippen LogP contribution in [-0.2, 0) is 11.3 Å². The van der Waals surface area contributed by atoms with Gasteiger partial charge in [0.2, 0.25) is 0 Å². The monoisotopic (exact) mass is 275 g/mol. The van der Waals surface area contributed by atoms with Gasteiger partial charge in [0.1, 0.15) is 11.4 Å². The van der Waals surface area contributed by atoms with E-state index < -0.39 is 5.54 Å². The largest absolute Gasteiger partial charge is 0.325 e. The summed E-state index contributed by atoms with van der Waals surface area (Å²) in [6.07, 6.45) is 3.41. The fourth-order valence-electron chi connectivity index (χ4n) is 2.95. The summed E-state index contributed by atoms with van der Waals surface area (Å²) in [5.41, 5.74) is 2.41. The molecule has 7 nitrogen and oxygen atoms in total. The van der Waals surface area contributed by atoms with Crippen LogP contribution in [0.25, 0.3) is 0 Å². The molecular formula is C13H17N5O2. The third-order valence-corrected chi connectivity index (χ3v) is 3.98. The van der Waals surface area contributed by atoms with Crippen molar-refractivity contribution in [2.24, 2.45) is 5.84 Å². The number of nitrogen functional groups attached to an aromatic ring is 1. The Morgan fingerprint density at radius 3 is 2.80 bits per heavy atom. The van der Waals surface area contributed by atoms with E-state index >= 15 is 0 Å². The van der Waals surface area contributed by atoms with Crippen LogP contribution >= 0.6 is 0 Å². The van der Waals surface area contributed by atoms with E-state index in [1.807, 2.05) is 0 Å². The lowest BCUT2D eigenvalue weighted by atomic mass is 9.98. The summed E-state index contributed by atoms with van der Waals surface area (Å²) in [4.78, 5) is 30.0. The Morgan fingerprint density at radius 1 is 1.35 bits per heavy atom. The number of aromatic nitrogens is 1. The molecule has 1 saturated heterocycles. The number of nitrogens with one attached hydrogen (secondary N) is 2. The molecule has 3 rings (SSSR count). The molecule has 1 spiro atoms. The molecule has 0 atom stereocenters. The zero-order valence-electron chi connectivity index (χ0n) is 11.1. The third kappa shape index (κ3) is 2.00. The van der Waals surface area contributed by atoms with Crippen molar-refractivity contribution in [3.63, 3.8) is 0 Å². The quantitative estimate of drug-likeness (QED) is 0.429. The maximum absolute atomic E-state index is 12.5. The molecule has 20 heavy (non-hydrogen) atoms. The molecule has 4 N–H and O–H groups in total. The SMILES string of the molecule is NNc1cccc(CN2C(=O)NC3(CCCC3)C2=O)n1. The summed E-state index contributed by atoms with van der Waals surface area (Å²) in [5, 5.41) is 2.85. The first-order valence-electron chi connectivity index (χ1n) is 6.71. The van der Waals surface area contributed by atoms with Gasteiger partial charge >= 0.3 is 6.03 Å². The number of hydrogen-bond acceptors (Lipinski definition) is 5. The average molecular weight is 275 g/mol. The number of rotatable bonds is 3. The van der Waals surface area contributed by atoms with Crippen LogP contribution in [0.4, 0.5) is 10.6 Å². The molecule has 0 aromatic carbocycles. The van der Waals surface area contributed by atoms with Crippen LogP contribution in [0.5, 0.6) is 0 Å². The van der Waals surface area contributed by atoms with Crippen LogP contribution in [0.1, 0.15) is 31.4 Å². The Balaban J connectivity index is 1.80. The molecule has 0 radical (unpaired) electrons. The normalized spacial score (nSPS) is 20.6. The summed E-state index contributed by atoms with van der Waals surface area (Å²) >= 11 is 0. The van der Waals surface area contributed by atoms with Gasteiger partial charge in [-0.05, 0) is 25.0 Å². The van der Waals surface area contributed by atoms with Crippen LogP contribution in [-0.4, -0.2) is 27.4 Å². The molecule has 1 aromatic heterocycles. The summed E-state index contributed by atoms with van der Waals surface area (Å²) < 4.78 is 0. The number of anilines is 1. The fourth-order valence-corrected chi connectivity index (χ4v) is 2.95. The van der Waals surface area contributed by atoms with Gasteiger partial charge in [0.15, 0.2) is 0 Å². The van der Waals surface area contributed by atoms with Gasteiger partial charge in [-0.3, -0.25) is 9.69 Å². The Labute approximate surface area is 116 Å². The Bertz CT molecular complexity index is 553. The van der Waals surface area contributed by atoms with Crippen molar-refractivity contribution in [3.05, 3.63) is 23.9 Å². The van der Waals surface area contributed by atoms with Crippen molar-refractivity contribution in [1.82, 2.24) is 15.2 Å². The second-order valence-electron chi connectivity index (χ2n) is 5.27. The minimum absolute atomic E-state index is 0.132. The molecule has 3 amide bonds. The van der Waals surface area contributed by atoms with Crippen molar-refractivity contribution in [2.45, 2.75) is 37.8 Å². The van der Waals surface area contributed by atoms with Gasteiger partial charge in [-0.2, -0.15) is 0 Å². The molecule has 0 bridgehead atoms. The average Bonchev–Trinajstić information content (AvgIpc) is 3.01. The molecule has 0 unspecified atom stereocenters. The van der Waals surface area contributed by atoms with E-state index in [2.05, 4.69) is 15.7 Å². The zero-order valence-corrected chi connectivity index (χ0v) is 11.1. The Morgan fingerprint density at radius 2 is 2.10 bits per heavy atom. The minimum atomic E-state index is -0.666. The van der Waals surface area contributed by atoms with Gasteiger partial charge in [-0.15, -0.1) is 0 Å². The maximum atomic E-state index is 12.5. The van der Waals surface area contributed by atoms with Gasteiger partial charge < -0.3 is 10.7 Å². The number of carbonyl (C=O) groups excluding carboxylic acids is 2. The van der Waals surface area contributed by atoms with E-state index in [1.54, 1.807) is 18.2 Å². The first kappa shape index (κ1) is 12.9. The number of nitrogens with zero attached hydrogens (tertiary/aromatic N) is 2. The lowest BCUT2D eigenvalue weighted by Crippen LogP contribution is -2.44. The number of amides is 3. The highest BCUT2D eigenvalue weighted by Gasteiger charge is 2.52. The predicted octanol–water partition coefficient (Wildman–Crippen LogP) is 0.732. The molecule has 1 saturated carbocycles. The standard InChI is InChI=1S/C13H17N5O2/c14-17-10-5-3-4-9(15-10)8-18-11(19)13(16-12(18)20)6-1-2-7-13/h3-5H,1-2,6-8,14H2,(H,15,17)(H,16,20). The highest BCUT2D eigenvalue weighted by Crippen LogP contribution is 2.35. The molecule has 7 heteroatoms. The molecular weight excluding hydrogens is 258 g/mol. The van der Waals surface area contributed by atoms with Gasteiger partial charge in [-0.1, -0.05) is 18.9 Å². The number of carbonyl (C=O) groups is 2. The van der Waals surface area contributed by atoms with Crippen LogP contribution < -0.4 is 16.6 Å². The summed E-state index contributed by atoms with van der Waals surface area (Å²) in [5.74, 6) is 5.68.